The molecule has 0 spiro atoms. The lowest BCUT2D eigenvalue weighted by Gasteiger charge is -2.07. The molecule has 0 aliphatic heterocycles. The fraction of sp³-hybridized carbons (Fsp3) is 0.105. The number of carbonyl (C=O) groups is 2. The third-order valence-corrected chi connectivity index (χ3v) is 4.40. The summed E-state index contributed by atoms with van der Waals surface area (Å²) < 4.78 is 11.3. The molecule has 3 heterocycles. The fourth-order valence-electron chi connectivity index (χ4n) is 3.37. The van der Waals surface area contributed by atoms with Crippen LogP contribution in [0.25, 0.3) is 27.3 Å². The zero-order chi connectivity index (χ0) is 17.7. The molecular weight excluding hydrogens is 322 g/mol. The topological polar surface area (TPSA) is 74.1 Å². The van der Waals surface area contributed by atoms with Gasteiger partial charge in [0.25, 0.3) is 0 Å². The molecule has 0 saturated heterocycles. The van der Waals surface area contributed by atoms with Crippen LogP contribution in [0, 0.1) is 0 Å². The van der Waals surface area contributed by atoms with Crippen LogP contribution in [0.5, 0.6) is 0 Å². The highest BCUT2D eigenvalue weighted by Crippen LogP contribution is 2.31. The first kappa shape index (κ1) is 15.1. The Balaban J connectivity index is 2.39. The number of hydrogen-bond acceptors (Lipinski definition) is 5. The Bertz CT molecular complexity index is 1220. The molecule has 0 saturated carbocycles. The molecule has 6 heteroatoms. The number of hydrogen-bond donors (Lipinski definition) is 0. The Hall–Kier alpha value is -3.41. The quantitative estimate of drug-likeness (QED) is 0.416. The van der Waals surface area contributed by atoms with Gasteiger partial charge in [-0.1, -0.05) is 30.3 Å². The number of carbonyl (C=O) groups excluding carboxylic acids is 2. The molecule has 0 amide bonds. The number of pyridine rings is 2. The van der Waals surface area contributed by atoms with Crippen LogP contribution >= 0.6 is 0 Å². The van der Waals surface area contributed by atoms with Crippen LogP contribution in [0.3, 0.4) is 0 Å². The first-order valence-corrected chi connectivity index (χ1v) is 7.58. The lowest BCUT2D eigenvalue weighted by Crippen LogP contribution is -2.13. The van der Waals surface area contributed by atoms with Crippen molar-refractivity contribution < 1.29 is 19.1 Å². The van der Waals surface area contributed by atoms with E-state index in [1.165, 1.54) is 14.2 Å². The lowest BCUT2D eigenvalue weighted by atomic mass is 10.1. The van der Waals surface area contributed by atoms with E-state index in [0.717, 1.165) is 10.9 Å². The minimum atomic E-state index is -0.752. The predicted molar refractivity (Wildman–Crippen MR) is 92.5 cm³/mol. The third kappa shape index (κ3) is 1.88. The molecule has 124 valence electrons. The first-order chi connectivity index (χ1) is 12.1. The van der Waals surface area contributed by atoms with Gasteiger partial charge in [0.05, 0.1) is 25.3 Å². The zero-order valence-electron chi connectivity index (χ0n) is 13.5. The first-order valence-electron chi connectivity index (χ1n) is 7.58. The summed E-state index contributed by atoms with van der Waals surface area (Å²) in [5, 5.41) is 1.22. The van der Waals surface area contributed by atoms with Crippen molar-refractivity contribution in [3.63, 3.8) is 0 Å². The highest BCUT2D eigenvalue weighted by Gasteiger charge is 2.30. The molecule has 4 rings (SSSR count). The van der Waals surface area contributed by atoms with Crippen molar-refractivity contribution in [2.45, 2.75) is 0 Å². The minimum Gasteiger partial charge on any atom is -0.465 e. The van der Waals surface area contributed by atoms with Crippen LogP contribution in [0.15, 0.2) is 47.3 Å². The van der Waals surface area contributed by atoms with Crippen molar-refractivity contribution in [3.05, 3.63) is 63.8 Å². The van der Waals surface area contributed by atoms with Crippen LogP contribution in [0.2, 0.25) is 0 Å². The number of nitrogens with zero attached hydrogens (tertiary/aromatic N) is 1. The SMILES string of the molecule is COC(=O)c1c(C(=O)OC)c2c(=O)c3ccccc3c3cccc1n23. The van der Waals surface area contributed by atoms with Gasteiger partial charge in [-0.3, -0.25) is 4.79 Å². The Labute approximate surface area is 141 Å². The summed E-state index contributed by atoms with van der Waals surface area (Å²) in [6, 6.07) is 12.4. The van der Waals surface area contributed by atoms with Crippen molar-refractivity contribution >= 4 is 39.3 Å². The van der Waals surface area contributed by atoms with E-state index in [4.69, 9.17) is 9.47 Å². The average molecular weight is 335 g/mol. The molecule has 0 atom stereocenters. The molecule has 0 fully saturated rings. The van der Waals surface area contributed by atoms with E-state index in [9.17, 15) is 14.4 Å². The van der Waals surface area contributed by atoms with E-state index in [-0.39, 0.29) is 22.1 Å². The second-order valence-corrected chi connectivity index (χ2v) is 5.59. The molecule has 25 heavy (non-hydrogen) atoms. The van der Waals surface area contributed by atoms with Gasteiger partial charge < -0.3 is 13.9 Å². The summed E-state index contributed by atoms with van der Waals surface area (Å²) in [6.07, 6.45) is 0. The molecule has 1 aromatic carbocycles. The summed E-state index contributed by atoms with van der Waals surface area (Å²) in [5.41, 5.74) is 0.913. The number of fused-ring (bicyclic) bond motifs is 2. The molecular formula is C19H13NO5. The lowest BCUT2D eigenvalue weighted by molar-refractivity contribution is 0.0559. The van der Waals surface area contributed by atoms with Gasteiger partial charge in [-0.2, -0.15) is 0 Å². The summed E-state index contributed by atoms with van der Waals surface area (Å²) in [7, 11) is 2.44. The van der Waals surface area contributed by atoms with E-state index in [1.54, 1.807) is 28.7 Å². The van der Waals surface area contributed by atoms with Crippen molar-refractivity contribution in [2.75, 3.05) is 14.2 Å². The summed E-state index contributed by atoms with van der Waals surface area (Å²) >= 11 is 0. The summed E-state index contributed by atoms with van der Waals surface area (Å²) in [6.45, 7) is 0. The second-order valence-electron chi connectivity index (χ2n) is 5.59. The van der Waals surface area contributed by atoms with Gasteiger partial charge in [0.15, 0.2) is 0 Å². The van der Waals surface area contributed by atoms with Gasteiger partial charge in [-0.25, -0.2) is 9.59 Å². The molecule has 6 nitrogen and oxygen atoms in total. The largest absolute Gasteiger partial charge is 0.465 e. The van der Waals surface area contributed by atoms with Gasteiger partial charge in [0.1, 0.15) is 16.6 Å². The van der Waals surface area contributed by atoms with Gasteiger partial charge in [0.2, 0.25) is 5.43 Å². The molecule has 4 aromatic rings. The number of methoxy groups -OCH3 is 2. The van der Waals surface area contributed by atoms with Crippen LogP contribution in [0.4, 0.5) is 0 Å². The highest BCUT2D eigenvalue weighted by molar-refractivity contribution is 6.16. The number of rotatable bonds is 2. The van der Waals surface area contributed by atoms with Crippen molar-refractivity contribution in [2.24, 2.45) is 0 Å². The number of benzene rings is 1. The molecule has 0 unspecified atom stereocenters. The fourth-order valence-corrected chi connectivity index (χ4v) is 3.37. The van der Waals surface area contributed by atoms with Crippen molar-refractivity contribution in [1.29, 1.82) is 0 Å². The molecule has 0 aliphatic carbocycles. The van der Waals surface area contributed by atoms with Gasteiger partial charge in [0, 0.05) is 10.8 Å². The molecule has 0 aliphatic rings. The highest BCUT2D eigenvalue weighted by atomic mass is 16.5. The second kappa shape index (κ2) is 5.31. The number of aromatic nitrogens is 1. The summed E-state index contributed by atoms with van der Waals surface area (Å²) in [5.74, 6) is -1.45. The summed E-state index contributed by atoms with van der Waals surface area (Å²) in [4.78, 5) is 37.8. The maximum absolute atomic E-state index is 13.1. The van der Waals surface area contributed by atoms with E-state index in [0.29, 0.717) is 10.9 Å². The molecule has 0 bridgehead atoms. The van der Waals surface area contributed by atoms with E-state index in [1.807, 2.05) is 18.2 Å². The molecule has 0 N–H and O–H groups in total. The smallest absolute Gasteiger partial charge is 0.341 e. The Morgan fingerprint density at radius 3 is 2.08 bits per heavy atom. The van der Waals surface area contributed by atoms with Crippen LogP contribution in [-0.4, -0.2) is 30.6 Å². The van der Waals surface area contributed by atoms with Crippen LogP contribution in [-0.2, 0) is 9.47 Å². The van der Waals surface area contributed by atoms with Crippen LogP contribution < -0.4 is 5.43 Å². The van der Waals surface area contributed by atoms with E-state index < -0.39 is 11.9 Å². The Kier molecular flexibility index (Phi) is 3.21. The van der Waals surface area contributed by atoms with Gasteiger partial charge >= 0.3 is 11.9 Å². The zero-order valence-corrected chi connectivity index (χ0v) is 13.5. The van der Waals surface area contributed by atoms with Gasteiger partial charge in [-0.05, 0) is 12.1 Å². The molecule has 3 aromatic heterocycles. The van der Waals surface area contributed by atoms with Crippen LogP contribution in [0.1, 0.15) is 20.7 Å². The average Bonchev–Trinajstić information content (AvgIpc) is 3.01. The Morgan fingerprint density at radius 2 is 1.40 bits per heavy atom. The van der Waals surface area contributed by atoms with E-state index in [2.05, 4.69) is 0 Å². The third-order valence-electron chi connectivity index (χ3n) is 4.40. The minimum absolute atomic E-state index is 0.0346. The van der Waals surface area contributed by atoms with Crippen molar-refractivity contribution in [1.82, 2.24) is 4.40 Å². The standard InChI is InChI=1S/C19H13NO5/c1-24-18(22)14-13-9-5-8-12-10-6-3-4-7-11(10)17(21)16(20(12)13)15(14)19(23)25-2/h3-9H,1-2H3. The Morgan fingerprint density at radius 1 is 0.800 bits per heavy atom. The normalized spacial score (nSPS) is 11.3. The van der Waals surface area contributed by atoms with Gasteiger partial charge in [-0.15, -0.1) is 0 Å². The van der Waals surface area contributed by atoms with E-state index >= 15 is 0 Å². The molecule has 0 radical (unpaired) electrons. The maximum atomic E-state index is 13.1. The monoisotopic (exact) mass is 335 g/mol. The number of ether oxygens (including phenoxy) is 2. The number of esters is 2. The predicted octanol–water partition coefficient (Wildman–Crippen LogP) is 2.62. The van der Waals surface area contributed by atoms with Crippen molar-refractivity contribution in [3.8, 4) is 0 Å². The maximum Gasteiger partial charge on any atom is 0.341 e.